The lowest BCUT2D eigenvalue weighted by atomic mass is 10.1. The van der Waals surface area contributed by atoms with Crippen LogP contribution in [0.15, 0.2) is 12.4 Å². The van der Waals surface area contributed by atoms with E-state index in [9.17, 15) is 0 Å². The molecule has 1 N–H and O–H groups in total. The first-order valence-electron chi connectivity index (χ1n) is 8.33. The van der Waals surface area contributed by atoms with Crippen LogP contribution < -0.4 is 10.2 Å². The van der Waals surface area contributed by atoms with Crippen molar-refractivity contribution in [2.75, 3.05) is 29.9 Å². The number of aromatic nitrogens is 2. The van der Waals surface area contributed by atoms with Gasteiger partial charge in [0.2, 0.25) is 0 Å². The van der Waals surface area contributed by atoms with Crippen LogP contribution in [0.3, 0.4) is 0 Å². The summed E-state index contributed by atoms with van der Waals surface area (Å²) >= 11 is 0. The number of nitrogens with one attached hydrogen (secondary N) is 1. The van der Waals surface area contributed by atoms with E-state index in [2.05, 4.69) is 49.8 Å². The average Bonchev–Trinajstić information content (AvgIpc) is 2.45. The van der Waals surface area contributed by atoms with Crippen molar-refractivity contribution in [2.24, 2.45) is 11.8 Å². The van der Waals surface area contributed by atoms with E-state index in [-0.39, 0.29) is 0 Å². The van der Waals surface area contributed by atoms with Gasteiger partial charge in [0.1, 0.15) is 11.6 Å². The molecule has 1 aromatic rings. The van der Waals surface area contributed by atoms with Crippen molar-refractivity contribution >= 4 is 11.6 Å². The van der Waals surface area contributed by atoms with E-state index in [0.717, 1.165) is 37.7 Å². The molecule has 0 unspecified atom stereocenters. The molecule has 1 heterocycles. The SMILES string of the molecule is CCCNc1cncc(N(CCC(C)C)CCC(C)C)n1. The molecular weight excluding hydrogens is 260 g/mol. The minimum atomic E-state index is 0.709. The van der Waals surface area contributed by atoms with Gasteiger partial charge in [0.05, 0.1) is 12.4 Å². The van der Waals surface area contributed by atoms with Crippen molar-refractivity contribution in [3.63, 3.8) is 0 Å². The van der Waals surface area contributed by atoms with Crippen LogP contribution in [0.5, 0.6) is 0 Å². The van der Waals surface area contributed by atoms with E-state index in [0.29, 0.717) is 11.8 Å². The maximum Gasteiger partial charge on any atom is 0.149 e. The zero-order valence-corrected chi connectivity index (χ0v) is 14.4. The van der Waals surface area contributed by atoms with Gasteiger partial charge < -0.3 is 10.2 Å². The topological polar surface area (TPSA) is 41.1 Å². The van der Waals surface area contributed by atoms with E-state index in [1.54, 1.807) is 0 Å². The normalized spacial score (nSPS) is 11.2. The molecule has 1 rings (SSSR count). The van der Waals surface area contributed by atoms with Gasteiger partial charge in [-0.15, -0.1) is 0 Å². The van der Waals surface area contributed by atoms with Crippen molar-refractivity contribution in [3.8, 4) is 0 Å². The van der Waals surface area contributed by atoms with Gasteiger partial charge in [0.15, 0.2) is 0 Å². The Labute approximate surface area is 130 Å². The largest absolute Gasteiger partial charge is 0.369 e. The fourth-order valence-electron chi connectivity index (χ4n) is 2.02. The van der Waals surface area contributed by atoms with Crippen LogP contribution in [-0.4, -0.2) is 29.6 Å². The molecule has 0 aromatic carbocycles. The highest BCUT2D eigenvalue weighted by atomic mass is 15.2. The van der Waals surface area contributed by atoms with Crippen LogP contribution in [-0.2, 0) is 0 Å². The molecule has 0 bridgehead atoms. The van der Waals surface area contributed by atoms with Crippen molar-refractivity contribution in [1.82, 2.24) is 9.97 Å². The summed E-state index contributed by atoms with van der Waals surface area (Å²) < 4.78 is 0. The molecule has 120 valence electrons. The Morgan fingerprint density at radius 1 is 1.05 bits per heavy atom. The second kappa shape index (κ2) is 9.59. The molecule has 4 heteroatoms. The van der Waals surface area contributed by atoms with Crippen molar-refractivity contribution in [1.29, 1.82) is 0 Å². The molecule has 0 saturated carbocycles. The summed E-state index contributed by atoms with van der Waals surface area (Å²) in [4.78, 5) is 11.4. The summed E-state index contributed by atoms with van der Waals surface area (Å²) in [6.45, 7) is 14.3. The maximum atomic E-state index is 4.72. The molecule has 0 aliphatic heterocycles. The molecule has 0 saturated heterocycles. The van der Waals surface area contributed by atoms with Crippen molar-refractivity contribution in [2.45, 2.75) is 53.9 Å². The van der Waals surface area contributed by atoms with Crippen molar-refractivity contribution < 1.29 is 0 Å². The second-order valence-electron chi connectivity index (χ2n) is 6.54. The summed E-state index contributed by atoms with van der Waals surface area (Å²) in [7, 11) is 0. The highest BCUT2D eigenvalue weighted by molar-refractivity contribution is 5.43. The van der Waals surface area contributed by atoms with Crippen LogP contribution >= 0.6 is 0 Å². The zero-order valence-electron chi connectivity index (χ0n) is 14.4. The number of rotatable bonds is 10. The Morgan fingerprint density at radius 3 is 2.19 bits per heavy atom. The predicted molar refractivity (Wildman–Crippen MR) is 91.9 cm³/mol. The summed E-state index contributed by atoms with van der Waals surface area (Å²) in [5.74, 6) is 3.30. The Kier molecular flexibility index (Phi) is 8.09. The summed E-state index contributed by atoms with van der Waals surface area (Å²) in [6, 6.07) is 0. The maximum absolute atomic E-state index is 4.72. The molecule has 4 nitrogen and oxygen atoms in total. The Bertz CT molecular complexity index is 378. The first kappa shape index (κ1) is 17.7. The molecule has 0 fully saturated rings. The number of nitrogens with zero attached hydrogens (tertiary/aromatic N) is 3. The van der Waals surface area contributed by atoms with Gasteiger partial charge in [-0.3, -0.25) is 4.98 Å². The Hall–Kier alpha value is -1.32. The first-order valence-corrected chi connectivity index (χ1v) is 8.33. The molecule has 0 aliphatic carbocycles. The van der Waals surface area contributed by atoms with Gasteiger partial charge in [-0.25, -0.2) is 4.98 Å². The average molecular weight is 292 g/mol. The summed E-state index contributed by atoms with van der Waals surface area (Å²) in [6.07, 6.45) is 7.16. The van der Waals surface area contributed by atoms with Gasteiger partial charge in [0, 0.05) is 19.6 Å². The lowest BCUT2D eigenvalue weighted by Gasteiger charge is -2.25. The molecule has 21 heavy (non-hydrogen) atoms. The minimum Gasteiger partial charge on any atom is -0.369 e. The number of hydrogen-bond acceptors (Lipinski definition) is 4. The van der Waals surface area contributed by atoms with Crippen LogP contribution in [0.4, 0.5) is 11.6 Å². The molecular formula is C17H32N4. The first-order chi connectivity index (χ1) is 10.0. The third kappa shape index (κ3) is 7.30. The third-order valence-electron chi connectivity index (χ3n) is 3.45. The third-order valence-corrected chi connectivity index (χ3v) is 3.45. The van der Waals surface area contributed by atoms with Gasteiger partial charge in [-0.2, -0.15) is 0 Å². The quantitative estimate of drug-likeness (QED) is 0.702. The van der Waals surface area contributed by atoms with E-state index >= 15 is 0 Å². The molecule has 0 spiro atoms. The van der Waals surface area contributed by atoms with E-state index in [1.807, 2.05) is 12.4 Å². The highest BCUT2D eigenvalue weighted by Gasteiger charge is 2.11. The predicted octanol–water partition coefficient (Wildman–Crippen LogP) is 4.20. The lowest BCUT2D eigenvalue weighted by molar-refractivity contribution is 0.532. The lowest BCUT2D eigenvalue weighted by Crippen LogP contribution is -2.28. The van der Waals surface area contributed by atoms with Gasteiger partial charge in [-0.1, -0.05) is 34.6 Å². The second-order valence-corrected chi connectivity index (χ2v) is 6.54. The van der Waals surface area contributed by atoms with Gasteiger partial charge in [-0.05, 0) is 31.1 Å². The Morgan fingerprint density at radius 2 is 1.67 bits per heavy atom. The molecule has 0 radical (unpaired) electrons. The zero-order chi connectivity index (χ0) is 15.7. The molecule has 0 atom stereocenters. The van der Waals surface area contributed by atoms with Crippen molar-refractivity contribution in [3.05, 3.63) is 12.4 Å². The Balaban J connectivity index is 2.74. The van der Waals surface area contributed by atoms with Crippen LogP contribution in [0.1, 0.15) is 53.9 Å². The van der Waals surface area contributed by atoms with Crippen LogP contribution in [0, 0.1) is 11.8 Å². The fourth-order valence-corrected chi connectivity index (χ4v) is 2.02. The highest BCUT2D eigenvalue weighted by Crippen LogP contribution is 2.16. The van der Waals surface area contributed by atoms with Crippen LogP contribution in [0.2, 0.25) is 0 Å². The number of anilines is 2. The fraction of sp³-hybridized carbons (Fsp3) is 0.765. The van der Waals surface area contributed by atoms with Crippen LogP contribution in [0.25, 0.3) is 0 Å². The molecule has 0 amide bonds. The van der Waals surface area contributed by atoms with E-state index in [4.69, 9.17) is 4.98 Å². The van der Waals surface area contributed by atoms with Gasteiger partial charge >= 0.3 is 0 Å². The monoisotopic (exact) mass is 292 g/mol. The molecule has 1 aromatic heterocycles. The smallest absolute Gasteiger partial charge is 0.149 e. The minimum absolute atomic E-state index is 0.709. The number of hydrogen-bond donors (Lipinski definition) is 1. The molecule has 0 aliphatic rings. The summed E-state index contributed by atoms with van der Waals surface area (Å²) in [5.41, 5.74) is 0. The van der Waals surface area contributed by atoms with E-state index < -0.39 is 0 Å². The summed E-state index contributed by atoms with van der Waals surface area (Å²) in [5, 5.41) is 3.32. The standard InChI is InChI=1S/C17H32N4/c1-6-9-19-16-12-18-13-17(20-16)21(10-7-14(2)3)11-8-15(4)5/h12-15H,6-11H2,1-5H3,(H,19,20). The van der Waals surface area contributed by atoms with E-state index in [1.165, 1.54) is 12.8 Å². The van der Waals surface area contributed by atoms with Gasteiger partial charge in [0.25, 0.3) is 0 Å².